The van der Waals surface area contributed by atoms with E-state index in [0.29, 0.717) is 12.1 Å². The minimum Gasteiger partial charge on any atom is -0.311 e. The molecular formula is C12H23N5. The molecule has 0 bridgehead atoms. The van der Waals surface area contributed by atoms with Crippen molar-refractivity contribution in [3.63, 3.8) is 0 Å². The molecule has 2 atom stereocenters. The van der Waals surface area contributed by atoms with Gasteiger partial charge in [-0.15, -0.1) is 0 Å². The lowest BCUT2D eigenvalue weighted by molar-refractivity contribution is 0.115. The summed E-state index contributed by atoms with van der Waals surface area (Å²) < 4.78 is 1.87. The molecule has 0 aliphatic carbocycles. The molecule has 17 heavy (non-hydrogen) atoms. The number of hydrogen-bond acceptors (Lipinski definition) is 4. The maximum Gasteiger partial charge on any atom is 0.140 e. The fraction of sp³-hybridized carbons (Fsp3) is 0.833. The third-order valence-corrected chi connectivity index (χ3v) is 3.50. The number of aromatic nitrogens is 3. The van der Waals surface area contributed by atoms with Crippen LogP contribution >= 0.6 is 0 Å². The van der Waals surface area contributed by atoms with Crippen LogP contribution in [0.5, 0.6) is 0 Å². The Morgan fingerprint density at radius 1 is 1.53 bits per heavy atom. The van der Waals surface area contributed by atoms with E-state index in [2.05, 4.69) is 34.1 Å². The zero-order chi connectivity index (χ0) is 12.3. The van der Waals surface area contributed by atoms with E-state index in [0.717, 1.165) is 25.5 Å². The Hall–Kier alpha value is -0.940. The quantitative estimate of drug-likeness (QED) is 0.840. The maximum atomic E-state index is 4.32. The third kappa shape index (κ3) is 3.04. The van der Waals surface area contributed by atoms with Crippen molar-refractivity contribution in [2.24, 2.45) is 7.05 Å². The van der Waals surface area contributed by atoms with Crippen LogP contribution in [0.15, 0.2) is 6.33 Å². The molecule has 5 nitrogen and oxygen atoms in total. The van der Waals surface area contributed by atoms with Crippen molar-refractivity contribution in [3.05, 3.63) is 12.2 Å². The lowest BCUT2D eigenvalue weighted by Crippen LogP contribution is -2.55. The number of nitrogens with one attached hydrogen (secondary N) is 1. The first kappa shape index (κ1) is 12.5. The van der Waals surface area contributed by atoms with Crippen LogP contribution in [-0.2, 0) is 13.6 Å². The summed E-state index contributed by atoms with van der Waals surface area (Å²) in [5, 5.41) is 7.69. The molecule has 5 heteroatoms. The molecule has 96 valence electrons. The van der Waals surface area contributed by atoms with Gasteiger partial charge in [0.25, 0.3) is 0 Å². The molecule has 0 saturated carbocycles. The largest absolute Gasteiger partial charge is 0.311 e. The zero-order valence-corrected chi connectivity index (χ0v) is 11.1. The predicted molar refractivity (Wildman–Crippen MR) is 67.6 cm³/mol. The predicted octanol–water partition coefficient (Wildman–Crippen LogP) is 0.777. The van der Waals surface area contributed by atoms with E-state index < -0.39 is 0 Å². The summed E-state index contributed by atoms with van der Waals surface area (Å²) in [4.78, 5) is 6.86. The van der Waals surface area contributed by atoms with E-state index in [1.807, 2.05) is 11.7 Å². The van der Waals surface area contributed by atoms with Crippen LogP contribution in [0.4, 0.5) is 0 Å². The Morgan fingerprint density at radius 3 is 3.00 bits per heavy atom. The Balaban J connectivity index is 2.02. The Labute approximate surface area is 103 Å². The van der Waals surface area contributed by atoms with Gasteiger partial charge in [-0.2, -0.15) is 5.10 Å². The van der Waals surface area contributed by atoms with Gasteiger partial charge in [0.05, 0.1) is 6.54 Å². The SMILES string of the molecule is CCCC1CNC(C)CN1Cc1ncnn1C. The average Bonchev–Trinajstić information content (AvgIpc) is 2.69. The second-order valence-corrected chi connectivity index (χ2v) is 4.98. The topological polar surface area (TPSA) is 46.0 Å². The highest BCUT2D eigenvalue weighted by Gasteiger charge is 2.25. The fourth-order valence-corrected chi connectivity index (χ4v) is 2.49. The molecule has 1 fully saturated rings. The molecule has 0 amide bonds. The van der Waals surface area contributed by atoms with E-state index >= 15 is 0 Å². The van der Waals surface area contributed by atoms with Crippen molar-refractivity contribution in [2.45, 2.75) is 45.3 Å². The molecule has 1 N–H and O–H groups in total. The summed E-state index contributed by atoms with van der Waals surface area (Å²) in [6.45, 7) is 7.59. The molecule has 1 aromatic rings. The van der Waals surface area contributed by atoms with Crippen LogP contribution in [0, 0.1) is 0 Å². The molecule has 0 radical (unpaired) electrons. The van der Waals surface area contributed by atoms with Gasteiger partial charge in [0, 0.05) is 32.2 Å². The van der Waals surface area contributed by atoms with Crippen molar-refractivity contribution in [3.8, 4) is 0 Å². The maximum absolute atomic E-state index is 4.32. The average molecular weight is 237 g/mol. The van der Waals surface area contributed by atoms with Crippen molar-refractivity contribution >= 4 is 0 Å². The van der Waals surface area contributed by atoms with E-state index in [4.69, 9.17) is 0 Å². The van der Waals surface area contributed by atoms with E-state index in [9.17, 15) is 0 Å². The Kier molecular flexibility index (Phi) is 4.12. The molecule has 1 aromatic heterocycles. The summed E-state index contributed by atoms with van der Waals surface area (Å²) in [6.07, 6.45) is 4.11. The fourth-order valence-electron chi connectivity index (χ4n) is 2.49. The molecule has 2 unspecified atom stereocenters. The Morgan fingerprint density at radius 2 is 2.35 bits per heavy atom. The number of piperazine rings is 1. The van der Waals surface area contributed by atoms with E-state index in [1.165, 1.54) is 12.8 Å². The highest BCUT2D eigenvalue weighted by atomic mass is 15.3. The van der Waals surface area contributed by atoms with Gasteiger partial charge >= 0.3 is 0 Å². The van der Waals surface area contributed by atoms with Gasteiger partial charge in [0.15, 0.2) is 0 Å². The van der Waals surface area contributed by atoms with E-state index in [-0.39, 0.29) is 0 Å². The second-order valence-electron chi connectivity index (χ2n) is 4.98. The number of nitrogens with zero attached hydrogens (tertiary/aromatic N) is 4. The summed E-state index contributed by atoms with van der Waals surface area (Å²) in [6, 6.07) is 1.20. The van der Waals surface area contributed by atoms with Crippen LogP contribution in [0.1, 0.15) is 32.5 Å². The van der Waals surface area contributed by atoms with Crippen LogP contribution in [0.3, 0.4) is 0 Å². The normalized spacial score (nSPS) is 26.3. The first-order valence-electron chi connectivity index (χ1n) is 6.51. The first-order valence-corrected chi connectivity index (χ1v) is 6.51. The van der Waals surface area contributed by atoms with Crippen LogP contribution in [0.25, 0.3) is 0 Å². The number of rotatable bonds is 4. The van der Waals surface area contributed by atoms with Crippen molar-refractivity contribution < 1.29 is 0 Å². The van der Waals surface area contributed by atoms with Crippen molar-refractivity contribution in [1.29, 1.82) is 0 Å². The molecule has 0 spiro atoms. The van der Waals surface area contributed by atoms with Gasteiger partial charge < -0.3 is 5.32 Å². The van der Waals surface area contributed by atoms with Gasteiger partial charge in [-0.25, -0.2) is 4.98 Å². The highest BCUT2D eigenvalue weighted by molar-refractivity contribution is 4.90. The summed E-state index contributed by atoms with van der Waals surface area (Å²) in [5.41, 5.74) is 0. The smallest absolute Gasteiger partial charge is 0.140 e. The molecular weight excluding hydrogens is 214 g/mol. The summed E-state index contributed by atoms with van der Waals surface area (Å²) in [5.74, 6) is 1.06. The minimum atomic E-state index is 0.566. The number of aryl methyl sites for hydroxylation is 1. The van der Waals surface area contributed by atoms with Crippen molar-refractivity contribution in [1.82, 2.24) is 25.0 Å². The molecule has 1 aliphatic heterocycles. The van der Waals surface area contributed by atoms with Crippen LogP contribution < -0.4 is 5.32 Å². The molecule has 1 saturated heterocycles. The summed E-state index contributed by atoms with van der Waals surface area (Å²) >= 11 is 0. The lowest BCUT2D eigenvalue weighted by Gasteiger charge is -2.39. The molecule has 0 aromatic carbocycles. The lowest BCUT2D eigenvalue weighted by atomic mass is 10.1. The van der Waals surface area contributed by atoms with E-state index in [1.54, 1.807) is 6.33 Å². The van der Waals surface area contributed by atoms with Gasteiger partial charge in [-0.3, -0.25) is 9.58 Å². The van der Waals surface area contributed by atoms with Crippen LogP contribution in [0.2, 0.25) is 0 Å². The standard InChI is InChI=1S/C12H23N5/c1-4-5-11-6-13-10(2)7-17(11)8-12-14-9-15-16(12)3/h9-11,13H,4-8H2,1-3H3. The van der Waals surface area contributed by atoms with Gasteiger partial charge in [0.2, 0.25) is 0 Å². The monoisotopic (exact) mass is 237 g/mol. The third-order valence-electron chi connectivity index (χ3n) is 3.50. The van der Waals surface area contributed by atoms with Crippen molar-refractivity contribution in [2.75, 3.05) is 13.1 Å². The Bertz CT molecular complexity index is 348. The summed E-state index contributed by atoms with van der Waals surface area (Å²) in [7, 11) is 1.96. The minimum absolute atomic E-state index is 0.566. The van der Waals surface area contributed by atoms with Gasteiger partial charge in [-0.1, -0.05) is 13.3 Å². The first-order chi connectivity index (χ1) is 8.20. The second kappa shape index (κ2) is 5.60. The number of hydrogen-bond donors (Lipinski definition) is 1. The molecule has 2 heterocycles. The van der Waals surface area contributed by atoms with Gasteiger partial charge in [-0.05, 0) is 13.3 Å². The molecule has 2 rings (SSSR count). The zero-order valence-electron chi connectivity index (χ0n) is 11.1. The highest BCUT2D eigenvalue weighted by Crippen LogP contribution is 2.14. The van der Waals surface area contributed by atoms with Crippen LogP contribution in [-0.4, -0.2) is 44.8 Å². The molecule has 1 aliphatic rings. The van der Waals surface area contributed by atoms with Gasteiger partial charge in [0.1, 0.15) is 12.2 Å².